The van der Waals surface area contributed by atoms with Gasteiger partial charge >= 0.3 is 5.97 Å². The predicted octanol–water partition coefficient (Wildman–Crippen LogP) is 1.66. The van der Waals surface area contributed by atoms with Crippen LogP contribution in [0.1, 0.15) is 13.3 Å². The van der Waals surface area contributed by atoms with Crippen LogP contribution in [0.25, 0.3) is 0 Å². The lowest BCUT2D eigenvalue weighted by Gasteiger charge is -2.37. The minimum absolute atomic E-state index is 0.0921. The van der Waals surface area contributed by atoms with E-state index in [0.717, 1.165) is 0 Å². The van der Waals surface area contributed by atoms with Gasteiger partial charge in [0.2, 0.25) is 5.88 Å². The summed E-state index contributed by atoms with van der Waals surface area (Å²) in [5.41, 5.74) is 6.57. The molecule has 0 aromatic heterocycles. The van der Waals surface area contributed by atoms with Crippen LogP contribution in [-0.2, 0) is 14.3 Å². The molecule has 0 radical (unpaired) electrons. The maximum absolute atomic E-state index is 12.2. The second-order valence-electron chi connectivity index (χ2n) is 4.90. The summed E-state index contributed by atoms with van der Waals surface area (Å²) < 4.78 is 11.0. The third kappa shape index (κ3) is 1.65. The van der Waals surface area contributed by atoms with Crippen molar-refractivity contribution in [3.63, 3.8) is 0 Å². The van der Waals surface area contributed by atoms with E-state index < -0.39 is 5.97 Å². The molecular weight excluding hydrogens is 256 g/mol. The smallest absolute Gasteiger partial charge is 0.338 e. The fraction of sp³-hybridized carbons (Fsp3) is 0.333. The second-order valence-corrected chi connectivity index (χ2v) is 4.90. The van der Waals surface area contributed by atoms with E-state index in [4.69, 9.17) is 15.2 Å². The molecule has 0 amide bonds. The van der Waals surface area contributed by atoms with Gasteiger partial charge in [-0.2, -0.15) is 5.26 Å². The summed E-state index contributed by atoms with van der Waals surface area (Å²) in [6, 6.07) is 2.04. The number of esters is 1. The molecule has 5 heteroatoms. The van der Waals surface area contributed by atoms with Gasteiger partial charge in [0.1, 0.15) is 17.9 Å². The third-order valence-corrected chi connectivity index (χ3v) is 3.83. The average Bonchev–Trinajstić information content (AvgIpc) is 2.46. The van der Waals surface area contributed by atoms with E-state index in [9.17, 15) is 10.1 Å². The minimum atomic E-state index is -0.423. The van der Waals surface area contributed by atoms with Crippen LogP contribution in [-0.4, -0.2) is 12.1 Å². The van der Waals surface area contributed by atoms with Crippen molar-refractivity contribution in [3.05, 3.63) is 47.1 Å². The summed E-state index contributed by atoms with van der Waals surface area (Å²) >= 11 is 0. The zero-order chi connectivity index (χ0) is 14.3. The van der Waals surface area contributed by atoms with Crippen molar-refractivity contribution in [2.45, 2.75) is 19.4 Å². The summed E-state index contributed by atoms with van der Waals surface area (Å²) in [5.74, 6) is -0.324. The number of nitrogens with zero attached hydrogens (tertiary/aromatic N) is 1. The van der Waals surface area contributed by atoms with Gasteiger partial charge in [0, 0.05) is 5.92 Å². The standard InChI is InChI=1S/C15H14N2O3/c1-2-8-10(7-16)14(17)20-13-9-5-3-4-6-11(9)19-15(18)12(8)13/h3-6,8-9,11H,2,17H2,1H3. The van der Waals surface area contributed by atoms with Crippen molar-refractivity contribution in [3.8, 4) is 6.07 Å². The van der Waals surface area contributed by atoms with Crippen LogP contribution in [0.3, 0.4) is 0 Å². The van der Waals surface area contributed by atoms with E-state index in [2.05, 4.69) is 0 Å². The zero-order valence-electron chi connectivity index (χ0n) is 11.0. The van der Waals surface area contributed by atoms with Crippen LogP contribution < -0.4 is 5.73 Å². The quantitative estimate of drug-likeness (QED) is 0.732. The van der Waals surface area contributed by atoms with Crippen molar-refractivity contribution < 1.29 is 14.3 Å². The molecule has 0 saturated heterocycles. The molecule has 0 bridgehead atoms. The molecule has 20 heavy (non-hydrogen) atoms. The lowest BCUT2D eigenvalue weighted by Crippen LogP contribution is -2.39. The highest BCUT2D eigenvalue weighted by molar-refractivity contribution is 5.92. The minimum Gasteiger partial charge on any atom is -0.454 e. The van der Waals surface area contributed by atoms with E-state index in [1.807, 2.05) is 37.3 Å². The number of carbonyl (C=O) groups is 1. The van der Waals surface area contributed by atoms with Crippen LogP contribution in [0.5, 0.6) is 0 Å². The Kier molecular flexibility index (Phi) is 2.87. The molecule has 2 heterocycles. The van der Waals surface area contributed by atoms with Crippen molar-refractivity contribution in [2.24, 2.45) is 17.6 Å². The van der Waals surface area contributed by atoms with Gasteiger partial charge in [0.05, 0.1) is 17.1 Å². The van der Waals surface area contributed by atoms with Gasteiger partial charge in [0.15, 0.2) is 0 Å². The molecule has 3 atom stereocenters. The van der Waals surface area contributed by atoms with Crippen molar-refractivity contribution in [1.29, 1.82) is 5.26 Å². The summed E-state index contributed by atoms with van der Waals surface area (Å²) in [6.45, 7) is 1.90. The lowest BCUT2D eigenvalue weighted by atomic mass is 9.80. The zero-order valence-corrected chi connectivity index (χ0v) is 11.0. The summed E-state index contributed by atoms with van der Waals surface area (Å²) in [4.78, 5) is 12.2. The maximum Gasteiger partial charge on any atom is 0.338 e. The molecule has 0 aromatic carbocycles. The highest BCUT2D eigenvalue weighted by Gasteiger charge is 2.44. The monoisotopic (exact) mass is 270 g/mol. The van der Waals surface area contributed by atoms with Gasteiger partial charge in [-0.1, -0.05) is 25.2 Å². The molecule has 0 spiro atoms. The first-order chi connectivity index (χ1) is 9.67. The van der Waals surface area contributed by atoms with E-state index in [0.29, 0.717) is 23.3 Å². The third-order valence-electron chi connectivity index (χ3n) is 3.83. The first-order valence-electron chi connectivity index (χ1n) is 6.55. The van der Waals surface area contributed by atoms with Gasteiger partial charge in [-0.05, 0) is 12.5 Å². The molecule has 3 unspecified atom stereocenters. The Bertz CT molecular complexity index is 634. The Morgan fingerprint density at radius 3 is 2.85 bits per heavy atom. The highest BCUT2D eigenvalue weighted by Crippen LogP contribution is 2.42. The number of ether oxygens (including phenoxy) is 2. The largest absolute Gasteiger partial charge is 0.454 e. The normalized spacial score (nSPS) is 31.2. The summed E-state index contributed by atoms with van der Waals surface area (Å²) in [7, 11) is 0. The number of allylic oxidation sites excluding steroid dienone is 3. The Morgan fingerprint density at radius 1 is 1.40 bits per heavy atom. The number of carbonyl (C=O) groups excluding carboxylic acids is 1. The topological polar surface area (TPSA) is 85.3 Å². The van der Waals surface area contributed by atoms with Gasteiger partial charge in [-0.3, -0.25) is 0 Å². The number of hydrogen-bond donors (Lipinski definition) is 1. The van der Waals surface area contributed by atoms with Crippen LogP contribution in [0, 0.1) is 23.2 Å². The Labute approximate surface area is 116 Å². The summed E-state index contributed by atoms with van der Waals surface area (Å²) in [5, 5.41) is 9.20. The van der Waals surface area contributed by atoms with Crippen molar-refractivity contribution in [2.75, 3.05) is 0 Å². The second kappa shape index (κ2) is 4.57. The molecule has 1 aliphatic carbocycles. The average molecular weight is 270 g/mol. The number of hydrogen-bond acceptors (Lipinski definition) is 5. The van der Waals surface area contributed by atoms with Crippen LogP contribution in [0.15, 0.2) is 47.1 Å². The van der Waals surface area contributed by atoms with Gasteiger partial charge in [-0.15, -0.1) is 0 Å². The first-order valence-corrected chi connectivity index (χ1v) is 6.55. The first kappa shape index (κ1) is 12.5. The molecule has 0 fully saturated rings. The fourth-order valence-electron chi connectivity index (χ4n) is 2.87. The number of rotatable bonds is 1. The van der Waals surface area contributed by atoms with Gasteiger partial charge in [-0.25, -0.2) is 4.79 Å². The van der Waals surface area contributed by atoms with E-state index in [1.54, 1.807) is 0 Å². The van der Waals surface area contributed by atoms with E-state index >= 15 is 0 Å². The predicted molar refractivity (Wildman–Crippen MR) is 70.4 cm³/mol. The Balaban J connectivity index is 2.11. The fourth-order valence-corrected chi connectivity index (χ4v) is 2.87. The highest BCUT2D eigenvalue weighted by atomic mass is 16.6. The van der Waals surface area contributed by atoms with Crippen molar-refractivity contribution in [1.82, 2.24) is 0 Å². The molecule has 102 valence electrons. The Hall–Kier alpha value is -2.48. The number of nitrogens with two attached hydrogens (primary N) is 1. The molecular formula is C15H14N2O3. The van der Waals surface area contributed by atoms with Crippen LogP contribution >= 0.6 is 0 Å². The molecule has 0 saturated carbocycles. The maximum atomic E-state index is 12.2. The molecule has 2 N–H and O–H groups in total. The molecule has 3 rings (SSSR count). The SMILES string of the molecule is CCC1C(C#N)=C(N)OC2=C1C(=O)OC1C=CC=CC21. The molecule has 3 aliphatic rings. The molecule has 0 aromatic rings. The number of fused-ring (bicyclic) bond motifs is 2. The number of nitriles is 1. The van der Waals surface area contributed by atoms with E-state index in [1.165, 1.54) is 0 Å². The van der Waals surface area contributed by atoms with Crippen LogP contribution in [0.4, 0.5) is 0 Å². The molecule has 5 nitrogen and oxygen atoms in total. The van der Waals surface area contributed by atoms with Gasteiger partial charge in [0.25, 0.3) is 0 Å². The van der Waals surface area contributed by atoms with Crippen molar-refractivity contribution >= 4 is 5.97 Å². The van der Waals surface area contributed by atoms with Gasteiger partial charge < -0.3 is 15.2 Å². The molecule has 2 aliphatic heterocycles. The van der Waals surface area contributed by atoms with Crippen LogP contribution in [0.2, 0.25) is 0 Å². The summed E-state index contributed by atoms with van der Waals surface area (Å²) in [6.07, 6.45) is 7.69. The Morgan fingerprint density at radius 2 is 2.15 bits per heavy atom. The lowest BCUT2D eigenvalue weighted by molar-refractivity contribution is -0.147. The van der Waals surface area contributed by atoms with E-state index in [-0.39, 0.29) is 23.8 Å².